The largest absolute Gasteiger partial charge is 0.404 e. The van der Waals surface area contributed by atoms with Gasteiger partial charge in [0.25, 0.3) is 0 Å². The molecule has 5 nitrogen and oxygen atoms in total. The van der Waals surface area contributed by atoms with E-state index in [9.17, 15) is 13.2 Å². The van der Waals surface area contributed by atoms with Gasteiger partial charge in [0.15, 0.2) is 0 Å². The Labute approximate surface area is 133 Å². The molecule has 8 heteroatoms. The zero-order valence-corrected chi connectivity index (χ0v) is 13.4. The molecular formula is C15H22F3N5. The average Bonchev–Trinajstić information content (AvgIpc) is 2.46. The summed E-state index contributed by atoms with van der Waals surface area (Å²) in [4.78, 5) is 12.2. The molecule has 3 heterocycles. The Morgan fingerprint density at radius 1 is 1.22 bits per heavy atom. The number of rotatable bonds is 2. The van der Waals surface area contributed by atoms with Gasteiger partial charge in [0.05, 0.1) is 5.69 Å². The maximum atomic E-state index is 12.9. The molecule has 0 bridgehead atoms. The van der Waals surface area contributed by atoms with E-state index in [4.69, 9.17) is 0 Å². The Balaban J connectivity index is 1.70. The van der Waals surface area contributed by atoms with Crippen LogP contribution < -0.4 is 5.32 Å². The van der Waals surface area contributed by atoms with Gasteiger partial charge in [0.1, 0.15) is 18.2 Å². The van der Waals surface area contributed by atoms with Gasteiger partial charge < -0.3 is 10.2 Å². The minimum absolute atomic E-state index is 0.0233. The third-order valence-electron chi connectivity index (χ3n) is 4.74. The molecule has 1 saturated heterocycles. The molecule has 1 aromatic heterocycles. The lowest BCUT2D eigenvalue weighted by Crippen LogP contribution is -2.52. The van der Waals surface area contributed by atoms with Crippen LogP contribution in [0.15, 0.2) is 6.33 Å². The molecule has 3 rings (SSSR count). The third kappa shape index (κ3) is 3.58. The quantitative estimate of drug-likeness (QED) is 0.898. The summed E-state index contributed by atoms with van der Waals surface area (Å²) in [5, 5.41) is 3.35. The van der Waals surface area contributed by atoms with Crippen LogP contribution in [0.2, 0.25) is 0 Å². The molecule has 23 heavy (non-hydrogen) atoms. The van der Waals surface area contributed by atoms with Gasteiger partial charge in [-0.2, -0.15) is 13.2 Å². The van der Waals surface area contributed by atoms with Crippen molar-refractivity contribution in [1.29, 1.82) is 0 Å². The summed E-state index contributed by atoms with van der Waals surface area (Å²) in [5.74, 6) is 0.769. The molecule has 0 spiro atoms. The fraction of sp³-hybridized carbons (Fsp3) is 0.733. The molecule has 128 valence electrons. The van der Waals surface area contributed by atoms with Crippen molar-refractivity contribution in [3.05, 3.63) is 17.6 Å². The number of anilines is 1. The molecule has 0 saturated carbocycles. The zero-order chi connectivity index (χ0) is 16.6. The molecule has 2 aliphatic heterocycles. The Morgan fingerprint density at radius 3 is 2.70 bits per heavy atom. The summed E-state index contributed by atoms with van der Waals surface area (Å²) in [6.45, 7) is 2.09. The second-order valence-corrected chi connectivity index (χ2v) is 6.55. The lowest BCUT2D eigenvalue weighted by Gasteiger charge is -2.38. The van der Waals surface area contributed by atoms with E-state index >= 15 is 0 Å². The van der Waals surface area contributed by atoms with Crippen LogP contribution in [-0.4, -0.2) is 65.2 Å². The van der Waals surface area contributed by atoms with Crippen molar-refractivity contribution in [3.8, 4) is 0 Å². The number of hydrogen-bond acceptors (Lipinski definition) is 5. The highest BCUT2D eigenvalue weighted by atomic mass is 19.4. The summed E-state index contributed by atoms with van der Waals surface area (Å²) >= 11 is 0. The van der Waals surface area contributed by atoms with E-state index in [1.54, 1.807) is 0 Å². The van der Waals surface area contributed by atoms with E-state index in [1.165, 1.54) is 18.3 Å². The van der Waals surface area contributed by atoms with Gasteiger partial charge in [-0.25, -0.2) is 9.97 Å². The van der Waals surface area contributed by atoms with E-state index in [0.717, 1.165) is 36.6 Å². The van der Waals surface area contributed by atoms with Crippen molar-refractivity contribution < 1.29 is 13.2 Å². The standard InChI is InChI=1S/C15H22F3N5/c1-22-6-5-12-11(8-22)14(20-9-19-12)21-10-3-4-13(15(16,17)18)23(2)7-10/h9-10,13H,3-8H2,1-2H3,(H,19,20,21). The van der Waals surface area contributed by atoms with Crippen LogP contribution in [0.4, 0.5) is 19.0 Å². The summed E-state index contributed by atoms with van der Waals surface area (Å²) in [6, 6.07) is -1.36. The summed E-state index contributed by atoms with van der Waals surface area (Å²) in [5.41, 5.74) is 2.11. The number of halogens is 3. The first-order chi connectivity index (χ1) is 10.8. The predicted molar refractivity (Wildman–Crippen MR) is 81.2 cm³/mol. The van der Waals surface area contributed by atoms with Crippen molar-refractivity contribution in [2.24, 2.45) is 0 Å². The van der Waals surface area contributed by atoms with E-state index in [0.29, 0.717) is 13.0 Å². The monoisotopic (exact) mass is 329 g/mol. The molecule has 1 aromatic rings. The van der Waals surface area contributed by atoms with Gasteiger partial charge in [-0.05, 0) is 26.9 Å². The SMILES string of the molecule is CN1CCc2ncnc(NC3CCC(C(F)(F)F)N(C)C3)c2C1. The first-order valence-corrected chi connectivity index (χ1v) is 7.89. The number of hydrogen-bond donors (Lipinski definition) is 1. The molecule has 0 aliphatic carbocycles. The maximum Gasteiger partial charge on any atom is 0.404 e. The predicted octanol–water partition coefficient (Wildman–Crippen LogP) is 1.90. The average molecular weight is 329 g/mol. The van der Waals surface area contributed by atoms with Crippen molar-refractivity contribution >= 4 is 5.82 Å². The van der Waals surface area contributed by atoms with Crippen LogP contribution >= 0.6 is 0 Å². The highest BCUT2D eigenvalue weighted by Crippen LogP contribution is 2.32. The van der Waals surface area contributed by atoms with Crippen LogP contribution in [0.1, 0.15) is 24.1 Å². The molecule has 2 unspecified atom stereocenters. The molecule has 0 radical (unpaired) electrons. The van der Waals surface area contributed by atoms with E-state index in [1.807, 2.05) is 7.05 Å². The van der Waals surface area contributed by atoms with Crippen molar-refractivity contribution in [2.45, 2.75) is 44.1 Å². The Morgan fingerprint density at radius 2 is 2.00 bits per heavy atom. The van der Waals surface area contributed by atoms with Gasteiger partial charge in [-0.1, -0.05) is 0 Å². The Hall–Kier alpha value is -1.41. The molecule has 2 atom stereocenters. The second-order valence-electron chi connectivity index (χ2n) is 6.55. The molecule has 2 aliphatic rings. The molecule has 0 amide bonds. The molecule has 0 aromatic carbocycles. The minimum Gasteiger partial charge on any atom is -0.366 e. The zero-order valence-electron chi connectivity index (χ0n) is 13.4. The highest BCUT2D eigenvalue weighted by Gasteiger charge is 2.44. The number of piperidine rings is 1. The number of aromatic nitrogens is 2. The Kier molecular flexibility index (Phi) is 4.46. The van der Waals surface area contributed by atoms with Gasteiger partial charge in [-0.15, -0.1) is 0 Å². The van der Waals surface area contributed by atoms with Crippen LogP contribution in [0.25, 0.3) is 0 Å². The van der Waals surface area contributed by atoms with Crippen molar-refractivity contribution in [2.75, 3.05) is 32.5 Å². The van der Waals surface area contributed by atoms with Gasteiger partial charge in [0.2, 0.25) is 0 Å². The van der Waals surface area contributed by atoms with Gasteiger partial charge >= 0.3 is 6.18 Å². The molecule has 1 N–H and O–H groups in total. The lowest BCUT2D eigenvalue weighted by molar-refractivity contribution is -0.187. The van der Waals surface area contributed by atoms with Crippen LogP contribution in [-0.2, 0) is 13.0 Å². The van der Waals surface area contributed by atoms with Gasteiger partial charge in [-0.3, -0.25) is 4.90 Å². The Bertz CT molecular complexity index is 563. The van der Waals surface area contributed by atoms with Crippen LogP contribution in [0.3, 0.4) is 0 Å². The van der Waals surface area contributed by atoms with Crippen molar-refractivity contribution in [3.63, 3.8) is 0 Å². The smallest absolute Gasteiger partial charge is 0.366 e. The number of likely N-dealkylation sites (tertiary alicyclic amines) is 1. The fourth-order valence-corrected chi connectivity index (χ4v) is 3.47. The molecule has 1 fully saturated rings. The fourth-order valence-electron chi connectivity index (χ4n) is 3.47. The van der Waals surface area contributed by atoms with Crippen LogP contribution in [0.5, 0.6) is 0 Å². The summed E-state index contributed by atoms with van der Waals surface area (Å²) in [7, 11) is 3.58. The van der Waals surface area contributed by atoms with E-state index in [-0.39, 0.29) is 12.5 Å². The third-order valence-corrected chi connectivity index (χ3v) is 4.74. The van der Waals surface area contributed by atoms with Gasteiger partial charge in [0, 0.05) is 37.7 Å². The topological polar surface area (TPSA) is 44.3 Å². The number of likely N-dealkylation sites (N-methyl/N-ethyl adjacent to an activating group) is 2. The van der Waals surface area contributed by atoms with Crippen LogP contribution in [0, 0.1) is 0 Å². The second kappa shape index (κ2) is 6.24. The minimum atomic E-state index is -4.16. The first-order valence-electron chi connectivity index (χ1n) is 7.89. The highest BCUT2D eigenvalue weighted by molar-refractivity contribution is 5.47. The van der Waals surface area contributed by atoms with Crippen molar-refractivity contribution in [1.82, 2.24) is 19.8 Å². The summed E-state index contributed by atoms with van der Waals surface area (Å²) < 4.78 is 38.8. The first kappa shape index (κ1) is 16.4. The van der Waals surface area contributed by atoms with E-state index < -0.39 is 12.2 Å². The summed E-state index contributed by atoms with van der Waals surface area (Å²) in [6.07, 6.45) is -1.13. The number of fused-ring (bicyclic) bond motifs is 1. The molecular weight excluding hydrogens is 307 g/mol. The number of nitrogens with zero attached hydrogens (tertiary/aromatic N) is 4. The maximum absolute atomic E-state index is 12.9. The number of alkyl halides is 3. The lowest BCUT2D eigenvalue weighted by atomic mass is 9.98. The number of nitrogens with one attached hydrogen (secondary N) is 1. The van der Waals surface area contributed by atoms with E-state index in [2.05, 4.69) is 20.2 Å². The normalized spacial score (nSPS) is 26.8.